The zero-order valence-electron chi connectivity index (χ0n) is 12.4. The molecule has 0 saturated carbocycles. The van der Waals surface area contributed by atoms with Crippen LogP contribution >= 0.6 is 0 Å². The van der Waals surface area contributed by atoms with Gasteiger partial charge in [0.25, 0.3) is 0 Å². The Bertz CT molecular complexity index is 341. The van der Waals surface area contributed by atoms with Crippen LogP contribution in [0.5, 0.6) is 11.5 Å². The van der Waals surface area contributed by atoms with E-state index in [1.165, 1.54) is 0 Å². The highest BCUT2D eigenvalue weighted by atomic mass is 16.5. The maximum absolute atomic E-state index is 6.10. The summed E-state index contributed by atoms with van der Waals surface area (Å²) in [5.41, 5.74) is 0. The maximum atomic E-state index is 6.10. The predicted molar refractivity (Wildman–Crippen MR) is 80.1 cm³/mol. The van der Waals surface area contributed by atoms with E-state index in [1.807, 2.05) is 24.3 Å². The van der Waals surface area contributed by atoms with E-state index >= 15 is 0 Å². The van der Waals surface area contributed by atoms with E-state index in [-0.39, 0.29) is 6.10 Å². The lowest BCUT2D eigenvalue weighted by Gasteiger charge is -2.20. The molecule has 0 radical (unpaired) electrons. The highest BCUT2D eigenvalue weighted by molar-refractivity contribution is 5.39. The van der Waals surface area contributed by atoms with Crippen molar-refractivity contribution in [3.05, 3.63) is 24.3 Å². The van der Waals surface area contributed by atoms with Crippen molar-refractivity contribution in [2.75, 3.05) is 19.7 Å². The Kier molecular flexibility index (Phi) is 8.07. The van der Waals surface area contributed by atoms with Gasteiger partial charge in [0.05, 0.1) is 6.61 Å². The summed E-state index contributed by atoms with van der Waals surface area (Å²) in [5.74, 6) is 1.70. The first kappa shape index (κ1) is 15.8. The van der Waals surface area contributed by atoms with Gasteiger partial charge in [0.2, 0.25) is 0 Å². The summed E-state index contributed by atoms with van der Waals surface area (Å²) in [6.45, 7) is 8.98. The average Bonchev–Trinajstić information content (AvgIpc) is 2.44. The minimum atomic E-state index is 0.205. The molecular weight excluding hydrogens is 238 g/mol. The van der Waals surface area contributed by atoms with E-state index in [4.69, 9.17) is 9.47 Å². The molecule has 0 amide bonds. The van der Waals surface area contributed by atoms with Crippen molar-refractivity contribution >= 4 is 0 Å². The Labute approximate surface area is 117 Å². The molecule has 0 aromatic heterocycles. The van der Waals surface area contributed by atoms with Crippen molar-refractivity contribution in [1.29, 1.82) is 0 Å². The number of likely N-dealkylation sites (N-methyl/N-ethyl adjacent to an activating group) is 1. The van der Waals surface area contributed by atoms with Crippen molar-refractivity contribution in [3.63, 3.8) is 0 Å². The van der Waals surface area contributed by atoms with Crippen LogP contribution < -0.4 is 14.8 Å². The van der Waals surface area contributed by atoms with E-state index in [2.05, 4.69) is 26.1 Å². The number of hydrogen-bond donors (Lipinski definition) is 1. The molecule has 3 nitrogen and oxygen atoms in total. The van der Waals surface area contributed by atoms with Gasteiger partial charge in [-0.3, -0.25) is 0 Å². The van der Waals surface area contributed by atoms with Gasteiger partial charge >= 0.3 is 0 Å². The monoisotopic (exact) mass is 265 g/mol. The Balaban J connectivity index is 2.65. The molecule has 0 aliphatic rings. The zero-order chi connectivity index (χ0) is 13.9. The van der Waals surface area contributed by atoms with E-state index in [0.29, 0.717) is 0 Å². The van der Waals surface area contributed by atoms with E-state index in [9.17, 15) is 0 Å². The number of ether oxygens (including phenoxy) is 2. The van der Waals surface area contributed by atoms with Crippen LogP contribution in [-0.2, 0) is 0 Å². The van der Waals surface area contributed by atoms with Crippen LogP contribution in [0.2, 0.25) is 0 Å². The fraction of sp³-hybridized carbons (Fsp3) is 0.625. The minimum Gasteiger partial charge on any atom is -0.490 e. The topological polar surface area (TPSA) is 30.5 Å². The second-order valence-corrected chi connectivity index (χ2v) is 4.63. The summed E-state index contributed by atoms with van der Waals surface area (Å²) in [5, 5.41) is 3.35. The van der Waals surface area contributed by atoms with Crippen LogP contribution in [0.1, 0.15) is 40.0 Å². The number of rotatable bonds is 10. The molecule has 0 saturated heterocycles. The van der Waals surface area contributed by atoms with Crippen molar-refractivity contribution < 1.29 is 9.47 Å². The summed E-state index contributed by atoms with van der Waals surface area (Å²) in [6, 6.07) is 7.93. The standard InChI is InChI=1S/C16H27NO2/c1-4-9-14(13-17-6-3)19-16-11-8-7-10-15(16)18-12-5-2/h7-8,10-11,14,17H,4-6,9,12-13H2,1-3H3. The van der Waals surface area contributed by atoms with Crippen LogP contribution in [0.4, 0.5) is 0 Å². The fourth-order valence-electron chi connectivity index (χ4n) is 1.89. The van der Waals surface area contributed by atoms with E-state index < -0.39 is 0 Å². The Morgan fingerprint density at radius 1 is 1.05 bits per heavy atom. The normalized spacial score (nSPS) is 12.2. The third-order valence-electron chi connectivity index (χ3n) is 2.84. The molecule has 1 aromatic carbocycles. The number of benzene rings is 1. The third-order valence-corrected chi connectivity index (χ3v) is 2.84. The van der Waals surface area contributed by atoms with Crippen LogP contribution in [0.3, 0.4) is 0 Å². The van der Waals surface area contributed by atoms with E-state index in [1.54, 1.807) is 0 Å². The maximum Gasteiger partial charge on any atom is 0.161 e. The van der Waals surface area contributed by atoms with E-state index in [0.717, 1.165) is 50.5 Å². The molecule has 1 rings (SSSR count). The quantitative estimate of drug-likeness (QED) is 0.700. The minimum absolute atomic E-state index is 0.205. The molecule has 0 aliphatic heterocycles. The second-order valence-electron chi connectivity index (χ2n) is 4.63. The molecular formula is C16H27NO2. The van der Waals surface area contributed by atoms with Gasteiger partial charge < -0.3 is 14.8 Å². The molecule has 19 heavy (non-hydrogen) atoms. The van der Waals surface area contributed by atoms with Crippen LogP contribution in [0.25, 0.3) is 0 Å². The molecule has 0 aliphatic carbocycles. The van der Waals surface area contributed by atoms with Gasteiger partial charge in [-0.15, -0.1) is 0 Å². The first-order valence-corrected chi connectivity index (χ1v) is 7.40. The van der Waals surface area contributed by atoms with Gasteiger partial charge in [-0.2, -0.15) is 0 Å². The van der Waals surface area contributed by atoms with Gasteiger partial charge in [-0.1, -0.05) is 39.3 Å². The number of para-hydroxylation sites is 2. The molecule has 0 heterocycles. The number of nitrogens with one attached hydrogen (secondary N) is 1. The van der Waals surface area contributed by atoms with Gasteiger partial charge in [0, 0.05) is 6.54 Å². The second kappa shape index (κ2) is 9.68. The number of hydrogen-bond acceptors (Lipinski definition) is 3. The zero-order valence-corrected chi connectivity index (χ0v) is 12.4. The molecule has 0 spiro atoms. The van der Waals surface area contributed by atoms with Crippen LogP contribution in [-0.4, -0.2) is 25.8 Å². The lowest BCUT2D eigenvalue weighted by molar-refractivity contribution is 0.176. The smallest absolute Gasteiger partial charge is 0.161 e. The van der Waals surface area contributed by atoms with Gasteiger partial charge in [0.1, 0.15) is 6.10 Å². The summed E-state index contributed by atoms with van der Waals surface area (Å²) in [4.78, 5) is 0. The van der Waals surface area contributed by atoms with Crippen molar-refractivity contribution in [2.45, 2.75) is 46.1 Å². The van der Waals surface area contributed by atoms with Crippen LogP contribution in [0, 0.1) is 0 Å². The molecule has 3 heteroatoms. The van der Waals surface area contributed by atoms with Crippen molar-refractivity contribution in [3.8, 4) is 11.5 Å². The van der Waals surface area contributed by atoms with Crippen molar-refractivity contribution in [2.24, 2.45) is 0 Å². The lowest BCUT2D eigenvalue weighted by atomic mass is 10.2. The Hall–Kier alpha value is -1.22. The largest absolute Gasteiger partial charge is 0.490 e. The van der Waals surface area contributed by atoms with Gasteiger partial charge in [-0.25, -0.2) is 0 Å². The van der Waals surface area contributed by atoms with Gasteiger partial charge in [0.15, 0.2) is 11.5 Å². The molecule has 108 valence electrons. The molecule has 0 bridgehead atoms. The molecule has 1 unspecified atom stereocenters. The lowest BCUT2D eigenvalue weighted by Crippen LogP contribution is -2.31. The first-order valence-electron chi connectivity index (χ1n) is 7.40. The Morgan fingerprint density at radius 3 is 2.42 bits per heavy atom. The van der Waals surface area contributed by atoms with Gasteiger partial charge in [-0.05, 0) is 31.5 Å². The SMILES string of the molecule is CCCOc1ccccc1OC(CCC)CNCC. The molecule has 1 aromatic rings. The molecule has 1 N–H and O–H groups in total. The molecule has 1 atom stereocenters. The third kappa shape index (κ3) is 5.97. The molecule has 0 fully saturated rings. The van der Waals surface area contributed by atoms with Crippen LogP contribution in [0.15, 0.2) is 24.3 Å². The predicted octanol–water partition coefficient (Wildman–Crippen LogP) is 3.63. The van der Waals surface area contributed by atoms with Crippen molar-refractivity contribution in [1.82, 2.24) is 5.32 Å². The summed E-state index contributed by atoms with van der Waals surface area (Å²) >= 11 is 0. The average molecular weight is 265 g/mol. The first-order chi connectivity index (χ1) is 9.31. The Morgan fingerprint density at radius 2 is 1.79 bits per heavy atom. The fourth-order valence-corrected chi connectivity index (χ4v) is 1.89. The highest BCUT2D eigenvalue weighted by Gasteiger charge is 2.12. The summed E-state index contributed by atoms with van der Waals surface area (Å²) < 4.78 is 11.8. The summed E-state index contributed by atoms with van der Waals surface area (Å²) in [6.07, 6.45) is 3.38. The summed E-state index contributed by atoms with van der Waals surface area (Å²) in [7, 11) is 0. The highest BCUT2D eigenvalue weighted by Crippen LogP contribution is 2.28.